The minimum absolute atomic E-state index is 0.0914. The van der Waals surface area contributed by atoms with Crippen LogP contribution in [0.2, 0.25) is 0 Å². The number of nitrogens with zero attached hydrogens (tertiary/aromatic N) is 1. The molecule has 34 heavy (non-hydrogen) atoms. The zero-order chi connectivity index (χ0) is 25.7. The van der Waals surface area contributed by atoms with Crippen LogP contribution in [-0.4, -0.2) is 52.7 Å². The summed E-state index contributed by atoms with van der Waals surface area (Å²) in [6.07, 6.45) is -3.93. The molecular weight excluding hydrogens is 505 g/mol. The molecule has 3 rings (SSSR count). The van der Waals surface area contributed by atoms with Gasteiger partial charge in [-0.1, -0.05) is 12.1 Å². The van der Waals surface area contributed by atoms with Gasteiger partial charge in [0.05, 0.1) is 26.7 Å². The summed E-state index contributed by atoms with van der Waals surface area (Å²) >= 11 is 0. The molecule has 6 nitrogen and oxygen atoms in total. The summed E-state index contributed by atoms with van der Waals surface area (Å²) in [5.41, 5.74) is -2.01. The van der Waals surface area contributed by atoms with Crippen LogP contribution in [-0.2, 0) is 31.8 Å². The van der Waals surface area contributed by atoms with E-state index in [1.165, 1.54) is 0 Å². The fraction of sp³-hybridized carbons (Fsp3) is 0.381. The van der Waals surface area contributed by atoms with Gasteiger partial charge in [0.15, 0.2) is 19.7 Å². The van der Waals surface area contributed by atoms with Gasteiger partial charge in [0.25, 0.3) is 11.8 Å². The minimum atomic E-state index is -4.71. The van der Waals surface area contributed by atoms with E-state index in [1.54, 1.807) is 0 Å². The summed E-state index contributed by atoms with van der Waals surface area (Å²) in [4.78, 5) is 12.9. The summed E-state index contributed by atoms with van der Waals surface area (Å²) in [5.74, 6) is -5.22. The Labute approximate surface area is 193 Å². The van der Waals surface area contributed by atoms with Gasteiger partial charge in [-0.3, -0.25) is 4.79 Å². The Morgan fingerprint density at radius 2 is 1.59 bits per heavy atom. The number of rotatable bonds is 6. The van der Waals surface area contributed by atoms with Gasteiger partial charge in [0.2, 0.25) is 0 Å². The smallest absolute Gasteiger partial charge is 0.338 e. The Hall–Kier alpha value is -2.54. The van der Waals surface area contributed by atoms with Crippen LogP contribution < -0.4 is 0 Å². The van der Waals surface area contributed by atoms with Crippen LogP contribution in [0.25, 0.3) is 0 Å². The second kappa shape index (κ2) is 8.59. The van der Waals surface area contributed by atoms with Crippen molar-refractivity contribution in [2.75, 3.05) is 25.1 Å². The van der Waals surface area contributed by atoms with Crippen molar-refractivity contribution in [3.8, 4) is 0 Å². The molecule has 2 aromatic rings. The van der Waals surface area contributed by atoms with E-state index in [9.17, 15) is 43.6 Å². The highest BCUT2D eigenvalue weighted by Gasteiger charge is 2.38. The van der Waals surface area contributed by atoms with Crippen LogP contribution in [0, 0.1) is 5.92 Å². The Morgan fingerprint density at radius 3 is 2.12 bits per heavy atom. The van der Waals surface area contributed by atoms with Crippen LogP contribution >= 0.6 is 0 Å². The van der Waals surface area contributed by atoms with Gasteiger partial charge in [-0.25, -0.2) is 25.6 Å². The van der Waals surface area contributed by atoms with Crippen LogP contribution in [0.1, 0.15) is 28.4 Å². The molecule has 1 amide bonds. The highest BCUT2D eigenvalue weighted by atomic mass is 32.2. The number of likely N-dealkylation sites (tertiary alicyclic amines) is 1. The van der Waals surface area contributed by atoms with Gasteiger partial charge in [-0.15, -0.1) is 0 Å². The molecule has 1 aliphatic rings. The third kappa shape index (κ3) is 5.57. The predicted molar refractivity (Wildman–Crippen MR) is 112 cm³/mol. The molecule has 1 saturated heterocycles. The highest BCUT2D eigenvalue weighted by molar-refractivity contribution is 7.91. The van der Waals surface area contributed by atoms with Crippen LogP contribution in [0.3, 0.4) is 0 Å². The molecule has 0 N–H and O–H groups in total. The first kappa shape index (κ1) is 26.1. The van der Waals surface area contributed by atoms with E-state index in [0.717, 1.165) is 47.6 Å². The Bertz CT molecular complexity index is 1330. The number of halogens is 5. The maximum Gasteiger partial charge on any atom is 0.416 e. The fourth-order valence-electron chi connectivity index (χ4n) is 3.56. The maximum atomic E-state index is 13.6. The van der Waals surface area contributed by atoms with Gasteiger partial charge in [0, 0.05) is 37.8 Å². The molecule has 0 aromatic heterocycles. The second-order valence-corrected chi connectivity index (χ2v) is 12.3. The summed E-state index contributed by atoms with van der Waals surface area (Å²) in [6.45, 7) is 0.401. The van der Waals surface area contributed by atoms with Crippen molar-refractivity contribution in [3.05, 3.63) is 59.2 Å². The molecule has 0 saturated carbocycles. The normalized spacial score (nSPS) is 15.8. The number of alkyl halides is 5. The van der Waals surface area contributed by atoms with Crippen molar-refractivity contribution in [1.29, 1.82) is 0 Å². The number of benzene rings is 2. The molecule has 186 valence electrons. The topological polar surface area (TPSA) is 88.6 Å². The molecule has 1 heterocycles. The van der Waals surface area contributed by atoms with Crippen molar-refractivity contribution < 1.29 is 43.6 Å². The molecule has 0 radical (unpaired) electrons. The lowest BCUT2D eigenvalue weighted by Gasteiger charge is -2.39. The number of amides is 1. The third-order valence-electron chi connectivity index (χ3n) is 5.34. The van der Waals surface area contributed by atoms with E-state index >= 15 is 0 Å². The lowest BCUT2D eigenvalue weighted by Crippen LogP contribution is -2.52. The first-order valence-corrected chi connectivity index (χ1v) is 13.4. The van der Waals surface area contributed by atoms with E-state index in [1.807, 2.05) is 0 Å². The SMILES string of the molecule is CC(F)(F)c1ccc(C(=O)N2CC(CS(=O)(=O)c3cccc(C(F)(F)F)c3)C2)c(S(C)(=O)=O)c1. The first-order valence-electron chi connectivity index (χ1n) is 9.81. The summed E-state index contributed by atoms with van der Waals surface area (Å²) < 4.78 is 115. The third-order valence-corrected chi connectivity index (χ3v) is 8.36. The second-order valence-electron chi connectivity index (χ2n) is 8.25. The largest absolute Gasteiger partial charge is 0.416 e. The summed E-state index contributed by atoms with van der Waals surface area (Å²) in [5, 5.41) is 0. The minimum Gasteiger partial charge on any atom is -0.338 e. The van der Waals surface area contributed by atoms with Gasteiger partial charge in [-0.2, -0.15) is 13.2 Å². The average molecular weight is 526 g/mol. The summed E-state index contributed by atoms with van der Waals surface area (Å²) in [7, 11) is -8.13. The molecule has 0 bridgehead atoms. The number of carbonyl (C=O) groups is 1. The molecule has 13 heteroatoms. The zero-order valence-electron chi connectivity index (χ0n) is 17.9. The molecular formula is C21H20F5NO5S2. The van der Waals surface area contributed by atoms with E-state index in [-0.39, 0.29) is 18.7 Å². The highest BCUT2D eigenvalue weighted by Crippen LogP contribution is 2.33. The van der Waals surface area contributed by atoms with Gasteiger partial charge in [0.1, 0.15) is 0 Å². The maximum absolute atomic E-state index is 13.6. The fourth-order valence-corrected chi connectivity index (χ4v) is 6.07. The van der Waals surface area contributed by atoms with Gasteiger partial charge in [-0.05, 0) is 30.3 Å². The molecule has 0 spiro atoms. The number of sulfone groups is 2. The predicted octanol–water partition coefficient (Wildman–Crippen LogP) is 3.77. The Morgan fingerprint density at radius 1 is 0.971 bits per heavy atom. The molecule has 0 atom stereocenters. The number of carbonyl (C=O) groups excluding carboxylic acids is 1. The molecule has 0 unspecified atom stereocenters. The summed E-state index contributed by atoms with van der Waals surface area (Å²) in [6, 6.07) is 5.99. The monoisotopic (exact) mass is 525 g/mol. The van der Waals surface area contributed by atoms with Crippen LogP contribution in [0.5, 0.6) is 0 Å². The molecule has 1 fully saturated rings. The first-order chi connectivity index (χ1) is 15.4. The number of hydrogen-bond acceptors (Lipinski definition) is 5. The molecule has 2 aromatic carbocycles. The molecule has 1 aliphatic heterocycles. The van der Waals surface area contributed by atoms with Crippen LogP contribution in [0.4, 0.5) is 22.0 Å². The van der Waals surface area contributed by atoms with E-state index in [0.29, 0.717) is 13.0 Å². The Kier molecular flexibility index (Phi) is 6.59. The Balaban J connectivity index is 1.76. The molecule has 0 aliphatic carbocycles. The lowest BCUT2D eigenvalue weighted by molar-refractivity contribution is -0.137. The van der Waals surface area contributed by atoms with E-state index in [2.05, 4.69) is 0 Å². The average Bonchev–Trinajstić information content (AvgIpc) is 2.67. The van der Waals surface area contributed by atoms with Crippen molar-refractivity contribution in [2.45, 2.75) is 28.8 Å². The standard InChI is InChI=1S/C21H20F5NO5S2/c1-20(22,23)14-6-7-17(18(9-14)33(2,29)30)19(28)27-10-13(11-27)12-34(31,32)16-5-3-4-15(8-16)21(24,25)26/h3-9,13H,10-12H2,1-2H3. The van der Waals surface area contributed by atoms with Crippen molar-refractivity contribution in [1.82, 2.24) is 4.90 Å². The quantitative estimate of drug-likeness (QED) is 0.536. The number of hydrogen-bond donors (Lipinski definition) is 0. The van der Waals surface area contributed by atoms with Crippen molar-refractivity contribution >= 4 is 25.6 Å². The van der Waals surface area contributed by atoms with Crippen molar-refractivity contribution in [3.63, 3.8) is 0 Å². The van der Waals surface area contributed by atoms with Gasteiger partial charge >= 0.3 is 6.18 Å². The van der Waals surface area contributed by atoms with Crippen molar-refractivity contribution in [2.24, 2.45) is 5.92 Å². The van der Waals surface area contributed by atoms with E-state index < -0.39 is 70.3 Å². The zero-order valence-corrected chi connectivity index (χ0v) is 19.6. The lowest BCUT2D eigenvalue weighted by atomic mass is 10.00. The van der Waals surface area contributed by atoms with E-state index in [4.69, 9.17) is 0 Å². The van der Waals surface area contributed by atoms with Gasteiger partial charge < -0.3 is 4.90 Å². The van der Waals surface area contributed by atoms with Crippen LogP contribution in [0.15, 0.2) is 52.3 Å².